The van der Waals surface area contributed by atoms with Crippen LogP contribution in [0.1, 0.15) is 97.9 Å². The van der Waals surface area contributed by atoms with E-state index in [0.717, 1.165) is 85.5 Å². The minimum atomic E-state index is -1.22. The Kier molecular flexibility index (Phi) is 14.1. The van der Waals surface area contributed by atoms with Crippen LogP contribution in [0.2, 0.25) is 0 Å². The zero-order chi connectivity index (χ0) is 40.3. The van der Waals surface area contributed by atoms with E-state index in [2.05, 4.69) is 117 Å². The number of thiophene rings is 3. The zero-order valence-corrected chi connectivity index (χ0v) is 35.7. The molecule has 5 nitrogen and oxygen atoms in total. The SMILES string of the molecule is CCCCCCc1cc(-c2sc(-c3sc(/C=C(\C#N)C(=O)O)cc3CCCCCC)c3c2OCCO3)sc1-c1ccc(C=C(c2ccccc2)c2ccccc2)cc1. The predicted molar refractivity (Wildman–Crippen MR) is 244 cm³/mol. The van der Waals surface area contributed by atoms with Gasteiger partial charge in [-0.25, -0.2) is 4.79 Å². The average molecular weight is 824 g/mol. The third-order valence-corrected chi connectivity index (χ3v) is 14.2. The Morgan fingerprint density at radius 2 is 1.26 bits per heavy atom. The molecule has 0 unspecified atom stereocenters. The molecule has 58 heavy (non-hydrogen) atoms. The third-order valence-electron chi connectivity index (χ3n) is 10.4. The normalized spacial score (nSPS) is 12.3. The molecule has 0 spiro atoms. The van der Waals surface area contributed by atoms with Gasteiger partial charge in [-0.3, -0.25) is 0 Å². The molecule has 0 amide bonds. The maximum atomic E-state index is 11.8. The molecule has 3 aromatic carbocycles. The van der Waals surface area contributed by atoms with Crippen molar-refractivity contribution in [3.05, 3.63) is 135 Å². The van der Waals surface area contributed by atoms with Crippen molar-refractivity contribution in [1.82, 2.24) is 0 Å². The summed E-state index contributed by atoms with van der Waals surface area (Å²) in [7, 11) is 0. The van der Waals surface area contributed by atoms with Crippen LogP contribution in [0.3, 0.4) is 0 Å². The van der Waals surface area contributed by atoms with E-state index in [1.807, 2.05) is 17.4 Å². The molecule has 1 aliphatic heterocycles. The van der Waals surface area contributed by atoms with E-state index in [-0.39, 0.29) is 5.57 Å². The van der Waals surface area contributed by atoms with Gasteiger partial charge in [0.1, 0.15) is 24.9 Å². The Hall–Kier alpha value is -5.20. The topological polar surface area (TPSA) is 79.6 Å². The largest absolute Gasteiger partial charge is 0.485 e. The molecule has 4 heterocycles. The summed E-state index contributed by atoms with van der Waals surface area (Å²) in [5.74, 6) is 0.334. The summed E-state index contributed by atoms with van der Waals surface area (Å²) in [5, 5.41) is 19.1. The second kappa shape index (κ2) is 20.0. The van der Waals surface area contributed by atoms with Gasteiger partial charge in [0.25, 0.3) is 0 Å². The summed E-state index contributed by atoms with van der Waals surface area (Å²) < 4.78 is 12.8. The van der Waals surface area contributed by atoms with Gasteiger partial charge in [-0.2, -0.15) is 5.26 Å². The molecule has 8 heteroatoms. The molecule has 0 aliphatic carbocycles. The Morgan fingerprint density at radius 3 is 1.83 bits per heavy atom. The minimum absolute atomic E-state index is 0.270. The van der Waals surface area contributed by atoms with Crippen LogP contribution in [0.25, 0.3) is 47.7 Å². The Labute approximate surface area is 354 Å². The van der Waals surface area contributed by atoms with Crippen LogP contribution < -0.4 is 9.47 Å². The number of carboxylic acids is 1. The van der Waals surface area contributed by atoms with Crippen molar-refractivity contribution in [2.45, 2.75) is 78.1 Å². The van der Waals surface area contributed by atoms with Crippen LogP contribution in [0.5, 0.6) is 11.5 Å². The van der Waals surface area contributed by atoms with Crippen LogP contribution >= 0.6 is 34.0 Å². The molecule has 7 rings (SSSR count). The molecule has 296 valence electrons. The van der Waals surface area contributed by atoms with E-state index in [0.29, 0.717) is 13.2 Å². The van der Waals surface area contributed by atoms with E-state index in [9.17, 15) is 15.2 Å². The van der Waals surface area contributed by atoms with Crippen molar-refractivity contribution in [3.63, 3.8) is 0 Å². The Bertz CT molecular complexity index is 2370. The lowest BCUT2D eigenvalue weighted by atomic mass is 9.95. The van der Waals surface area contributed by atoms with E-state index in [1.54, 1.807) is 11.3 Å². The first kappa shape index (κ1) is 41.0. The van der Waals surface area contributed by atoms with E-state index < -0.39 is 5.97 Å². The van der Waals surface area contributed by atoms with Gasteiger partial charge in [-0.1, -0.05) is 137 Å². The molecule has 0 radical (unpaired) electrons. The van der Waals surface area contributed by atoms with Gasteiger partial charge in [0.15, 0.2) is 11.5 Å². The van der Waals surface area contributed by atoms with Crippen LogP contribution in [-0.2, 0) is 17.6 Å². The maximum absolute atomic E-state index is 11.8. The van der Waals surface area contributed by atoms with Gasteiger partial charge in [0.2, 0.25) is 0 Å². The standard InChI is InChI=1S/C50H49NO4S3/c1-3-5-7-11-21-38-30-41(31-40(33-51)50(52)53)56-47(38)49-45-44(54-27-28-55-45)48(58-49)43-32-39(22-12-8-6-4-2)46(57-43)37-25-23-34(24-26-37)29-42(35-17-13-9-14-18-35)36-19-15-10-16-20-36/h9-10,13-20,23-26,29-32H,3-8,11-12,21-22,27-28H2,1-2H3,(H,52,53)/b40-31+. The van der Waals surface area contributed by atoms with Crippen LogP contribution in [-0.4, -0.2) is 24.3 Å². The molecule has 0 saturated heterocycles. The predicted octanol–water partition coefficient (Wildman–Crippen LogP) is 14.5. The van der Waals surface area contributed by atoms with E-state index in [1.165, 1.54) is 75.8 Å². The van der Waals surface area contributed by atoms with Crippen molar-refractivity contribution in [2.24, 2.45) is 0 Å². The molecule has 0 bridgehead atoms. The molecule has 6 aromatic rings. The first-order chi connectivity index (χ1) is 28.5. The summed E-state index contributed by atoms with van der Waals surface area (Å²) in [6.45, 7) is 5.41. The monoisotopic (exact) mass is 823 g/mol. The number of carbonyl (C=O) groups is 1. The quantitative estimate of drug-likeness (QED) is 0.0404. The van der Waals surface area contributed by atoms with Gasteiger partial charge in [0, 0.05) is 14.6 Å². The minimum Gasteiger partial charge on any atom is -0.485 e. The highest BCUT2D eigenvalue weighted by Gasteiger charge is 2.30. The first-order valence-corrected chi connectivity index (χ1v) is 22.9. The van der Waals surface area contributed by atoms with Crippen molar-refractivity contribution >= 4 is 57.7 Å². The lowest BCUT2D eigenvalue weighted by molar-refractivity contribution is -0.132. The molecular formula is C50H49NO4S3. The van der Waals surface area contributed by atoms with Gasteiger partial charge in [0.05, 0.1) is 14.6 Å². The van der Waals surface area contributed by atoms with Crippen molar-refractivity contribution < 1.29 is 19.4 Å². The number of aliphatic carboxylic acids is 1. The molecule has 0 fully saturated rings. The molecule has 0 saturated carbocycles. The average Bonchev–Trinajstić information content (AvgIpc) is 3.98. The van der Waals surface area contributed by atoms with Crippen molar-refractivity contribution in [3.8, 4) is 47.5 Å². The van der Waals surface area contributed by atoms with Gasteiger partial charge >= 0.3 is 5.97 Å². The number of aryl methyl sites for hydroxylation is 2. The number of benzene rings is 3. The second-order valence-corrected chi connectivity index (χ2v) is 17.7. The molecular weight excluding hydrogens is 775 g/mol. The maximum Gasteiger partial charge on any atom is 0.346 e. The lowest BCUT2D eigenvalue weighted by Gasteiger charge is -2.17. The first-order valence-electron chi connectivity index (χ1n) is 20.4. The zero-order valence-electron chi connectivity index (χ0n) is 33.2. The summed E-state index contributed by atoms with van der Waals surface area (Å²) >= 11 is 5.04. The molecule has 1 N–H and O–H groups in total. The number of hydrogen-bond donors (Lipinski definition) is 1. The Morgan fingerprint density at radius 1 is 0.672 bits per heavy atom. The van der Waals surface area contributed by atoms with Gasteiger partial charge in [-0.05, 0) is 88.9 Å². The number of carboxylic acid groups (broad SMARTS) is 1. The highest BCUT2D eigenvalue weighted by Crippen LogP contribution is 2.57. The third kappa shape index (κ3) is 9.73. The molecule has 1 aliphatic rings. The van der Waals surface area contributed by atoms with E-state index >= 15 is 0 Å². The Balaban J connectivity index is 1.28. The van der Waals surface area contributed by atoms with Crippen LogP contribution in [0.15, 0.2) is 103 Å². The smallest absolute Gasteiger partial charge is 0.346 e. The number of fused-ring (bicyclic) bond motifs is 1. The lowest BCUT2D eigenvalue weighted by Crippen LogP contribution is -2.14. The second-order valence-electron chi connectivity index (χ2n) is 14.6. The van der Waals surface area contributed by atoms with Gasteiger partial charge in [-0.15, -0.1) is 34.0 Å². The number of rotatable bonds is 18. The fourth-order valence-corrected chi connectivity index (χ4v) is 11.2. The number of hydrogen-bond acceptors (Lipinski definition) is 7. The highest BCUT2D eigenvalue weighted by atomic mass is 32.1. The fraction of sp³-hybridized carbons (Fsp3) is 0.280. The summed E-state index contributed by atoms with van der Waals surface area (Å²) in [6.07, 6.45) is 14.9. The summed E-state index contributed by atoms with van der Waals surface area (Å²) in [5.41, 5.74) is 8.15. The highest BCUT2D eigenvalue weighted by molar-refractivity contribution is 7.28. The number of nitrogens with zero attached hydrogens (tertiary/aromatic N) is 1. The molecule has 0 atom stereocenters. The molecule has 3 aromatic heterocycles. The van der Waals surface area contributed by atoms with Crippen LogP contribution in [0.4, 0.5) is 0 Å². The van der Waals surface area contributed by atoms with Crippen molar-refractivity contribution in [1.29, 1.82) is 5.26 Å². The summed E-state index contributed by atoms with van der Waals surface area (Å²) in [4.78, 5) is 18.1. The van der Waals surface area contributed by atoms with Crippen molar-refractivity contribution in [2.75, 3.05) is 13.2 Å². The number of nitriles is 1. The number of ether oxygens (including phenoxy) is 2. The summed E-state index contributed by atoms with van der Waals surface area (Å²) in [6, 6.07) is 36.4. The van der Waals surface area contributed by atoms with E-state index in [4.69, 9.17) is 9.47 Å². The van der Waals surface area contributed by atoms with Crippen LogP contribution in [0, 0.1) is 11.3 Å². The fourth-order valence-electron chi connectivity index (χ4n) is 7.37. The van der Waals surface area contributed by atoms with Gasteiger partial charge < -0.3 is 14.6 Å². The number of unbranched alkanes of at least 4 members (excludes halogenated alkanes) is 6.